The number of amides is 2. The molecule has 0 saturated carbocycles. The maximum atomic E-state index is 12.1. The van der Waals surface area contributed by atoms with Crippen LogP contribution in [0.4, 0.5) is 0 Å². The first-order valence-corrected chi connectivity index (χ1v) is 5.82. The molecule has 0 saturated heterocycles. The van der Waals surface area contributed by atoms with Crippen molar-refractivity contribution in [1.82, 2.24) is 19.7 Å². The van der Waals surface area contributed by atoms with E-state index < -0.39 is 23.1 Å². The normalized spacial score (nSPS) is 14.7. The molecule has 0 unspecified atom stereocenters. The van der Waals surface area contributed by atoms with Crippen molar-refractivity contribution < 1.29 is 14.7 Å². The monoisotopic (exact) mass is 277 g/mol. The molecule has 0 bridgehead atoms. The van der Waals surface area contributed by atoms with Crippen LogP contribution in [0.3, 0.4) is 0 Å². The number of H-pyrrole nitrogens is 1. The van der Waals surface area contributed by atoms with Crippen LogP contribution in [0.25, 0.3) is 10.9 Å². The van der Waals surface area contributed by atoms with Crippen LogP contribution in [0.5, 0.6) is 5.75 Å². The van der Waals surface area contributed by atoms with Crippen LogP contribution < -0.4 is 11.3 Å². The Morgan fingerprint density at radius 1 is 1.40 bits per heavy atom. The van der Waals surface area contributed by atoms with Crippen molar-refractivity contribution in [2.75, 3.05) is 13.6 Å². The molecular weight excluding hydrogens is 266 g/mol. The standard InChI is InChI=1S/C11H11N5O4/c1-15-2-3-16-6-4(8(17)7(16)11(15)20)10(19)14-13-5(6)9(12)18/h17H,2-3H2,1H3,(H2,12,18)(H,14,19). The second kappa shape index (κ2) is 3.83. The predicted molar refractivity (Wildman–Crippen MR) is 67.5 cm³/mol. The van der Waals surface area contributed by atoms with Crippen molar-refractivity contribution in [3.63, 3.8) is 0 Å². The van der Waals surface area contributed by atoms with Crippen molar-refractivity contribution in [3.8, 4) is 5.75 Å². The van der Waals surface area contributed by atoms with Crippen molar-refractivity contribution >= 4 is 22.7 Å². The molecule has 2 amide bonds. The summed E-state index contributed by atoms with van der Waals surface area (Å²) in [7, 11) is 1.58. The van der Waals surface area contributed by atoms with E-state index in [2.05, 4.69) is 10.2 Å². The van der Waals surface area contributed by atoms with E-state index in [0.29, 0.717) is 13.1 Å². The number of aromatic nitrogens is 3. The Balaban J connectivity index is 2.52. The Morgan fingerprint density at radius 3 is 2.75 bits per heavy atom. The lowest BCUT2D eigenvalue weighted by molar-refractivity contribution is 0.0746. The molecule has 1 aliphatic heterocycles. The van der Waals surface area contributed by atoms with Gasteiger partial charge in [-0.1, -0.05) is 0 Å². The molecule has 2 aromatic rings. The van der Waals surface area contributed by atoms with Gasteiger partial charge in [-0.25, -0.2) is 5.10 Å². The molecule has 0 aliphatic carbocycles. The van der Waals surface area contributed by atoms with E-state index in [4.69, 9.17) is 5.73 Å². The van der Waals surface area contributed by atoms with Gasteiger partial charge in [-0.05, 0) is 0 Å². The summed E-state index contributed by atoms with van der Waals surface area (Å²) in [6, 6.07) is 0. The minimum atomic E-state index is -0.849. The Bertz CT molecular complexity index is 818. The molecule has 0 radical (unpaired) electrons. The van der Waals surface area contributed by atoms with E-state index in [9.17, 15) is 19.5 Å². The Morgan fingerprint density at radius 2 is 2.10 bits per heavy atom. The molecule has 20 heavy (non-hydrogen) atoms. The van der Waals surface area contributed by atoms with Gasteiger partial charge < -0.3 is 20.3 Å². The number of aromatic hydroxyl groups is 1. The highest BCUT2D eigenvalue weighted by Crippen LogP contribution is 2.33. The summed E-state index contributed by atoms with van der Waals surface area (Å²) >= 11 is 0. The van der Waals surface area contributed by atoms with E-state index in [1.54, 1.807) is 7.05 Å². The molecule has 2 aromatic heterocycles. The highest BCUT2D eigenvalue weighted by Gasteiger charge is 2.32. The smallest absolute Gasteiger partial charge is 0.277 e. The second-order valence-corrected chi connectivity index (χ2v) is 4.56. The van der Waals surface area contributed by atoms with Crippen LogP contribution in [-0.2, 0) is 6.54 Å². The van der Waals surface area contributed by atoms with Crippen LogP contribution in [0.1, 0.15) is 21.0 Å². The number of hydrogen-bond acceptors (Lipinski definition) is 5. The fourth-order valence-electron chi connectivity index (χ4n) is 2.43. The number of hydrogen-bond donors (Lipinski definition) is 3. The van der Waals surface area contributed by atoms with Gasteiger partial charge in [0.25, 0.3) is 17.4 Å². The zero-order valence-corrected chi connectivity index (χ0v) is 10.5. The van der Waals surface area contributed by atoms with Crippen molar-refractivity contribution in [2.45, 2.75) is 6.54 Å². The second-order valence-electron chi connectivity index (χ2n) is 4.56. The number of nitrogens with two attached hydrogens (primary N) is 1. The number of nitrogens with one attached hydrogen (secondary N) is 1. The largest absolute Gasteiger partial charge is 0.505 e. The molecular formula is C11H11N5O4. The van der Waals surface area contributed by atoms with Crippen molar-refractivity contribution in [1.29, 1.82) is 0 Å². The van der Waals surface area contributed by atoms with Crippen LogP contribution in [0.2, 0.25) is 0 Å². The fourth-order valence-corrected chi connectivity index (χ4v) is 2.43. The maximum absolute atomic E-state index is 12.1. The summed E-state index contributed by atoms with van der Waals surface area (Å²) < 4.78 is 1.41. The number of nitrogens with zero attached hydrogens (tertiary/aromatic N) is 3. The fraction of sp³-hybridized carbons (Fsp3) is 0.273. The Labute approximate surface area is 111 Å². The number of carbonyl (C=O) groups is 2. The van der Waals surface area contributed by atoms with E-state index in [0.717, 1.165) is 0 Å². The Kier molecular flexibility index (Phi) is 2.33. The SMILES string of the molecule is CN1CCn2c(c(O)c3c(=O)[nH]nc(C(N)=O)c32)C1=O. The minimum Gasteiger partial charge on any atom is -0.505 e. The molecule has 104 valence electrons. The predicted octanol–water partition coefficient (Wildman–Crippen LogP) is -1.39. The number of primary amides is 1. The van der Waals surface area contributed by atoms with Gasteiger partial charge in [-0.15, -0.1) is 0 Å². The van der Waals surface area contributed by atoms with Crippen molar-refractivity contribution in [2.24, 2.45) is 5.73 Å². The van der Waals surface area contributed by atoms with E-state index in [1.165, 1.54) is 9.47 Å². The average Bonchev–Trinajstić information content (AvgIpc) is 2.69. The van der Waals surface area contributed by atoms with Crippen LogP contribution in [0, 0.1) is 0 Å². The molecule has 0 spiro atoms. The third-order valence-electron chi connectivity index (χ3n) is 3.40. The lowest BCUT2D eigenvalue weighted by atomic mass is 10.2. The van der Waals surface area contributed by atoms with Crippen molar-refractivity contribution in [3.05, 3.63) is 21.7 Å². The molecule has 3 heterocycles. The van der Waals surface area contributed by atoms with Gasteiger partial charge in [0, 0.05) is 20.1 Å². The molecule has 0 fully saturated rings. The number of carbonyl (C=O) groups excluding carboxylic acids is 2. The number of rotatable bonds is 1. The first kappa shape index (κ1) is 12.2. The number of aromatic amines is 1. The zero-order chi connectivity index (χ0) is 14.6. The summed E-state index contributed by atoms with van der Waals surface area (Å²) in [6.45, 7) is 0.722. The van der Waals surface area contributed by atoms with Crippen LogP contribution >= 0.6 is 0 Å². The first-order chi connectivity index (χ1) is 9.43. The highest BCUT2D eigenvalue weighted by atomic mass is 16.3. The van der Waals surface area contributed by atoms with Crippen LogP contribution in [-0.4, -0.2) is 50.2 Å². The quantitative estimate of drug-likeness (QED) is 0.590. The van der Waals surface area contributed by atoms with E-state index in [1.807, 2.05) is 0 Å². The van der Waals surface area contributed by atoms with Gasteiger partial charge >= 0.3 is 0 Å². The number of fused-ring (bicyclic) bond motifs is 3. The molecule has 3 rings (SSSR count). The highest BCUT2D eigenvalue weighted by molar-refractivity contribution is 6.10. The summed E-state index contributed by atoms with van der Waals surface area (Å²) in [4.78, 5) is 36.7. The molecule has 4 N–H and O–H groups in total. The van der Waals surface area contributed by atoms with Gasteiger partial charge in [-0.2, -0.15) is 5.10 Å². The summed E-state index contributed by atoms with van der Waals surface area (Å²) in [5.41, 5.74) is 4.42. The third-order valence-corrected chi connectivity index (χ3v) is 3.40. The Hall–Kier alpha value is -2.84. The van der Waals surface area contributed by atoms with Gasteiger partial charge in [0.1, 0.15) is 5.39 Å². The average molecular weight is 277 g/mol. The van der Waals surface area contributed by atoms with E-state index >= 15 is 0 Å². The number of likely N-dealkylation sites (N-methyl/N-ethyl adjacent to an activating group) is 1. The summed E-state index contributed by atoms with van der Waals surface area (Å²) in [5, 5.41) is 15.7. The maximum Gasteiger partial charge on any atom is 0.277 e. The summed E-state index contributed by atoms with van der Waals surface area (Å²) in [5.74, 6) is -1.74. The summed E-state index contributed by atoms with van der Waals surface area (Å²) in [6.07, 6.45) is 0. The third kappa shape index (κ3) is 1.37. The van der Waals surface area contributed by atoms with E-state index in [-0.39, 0.29) is 22.3 Å². The van der Waals surface area contributed by atoms with Gasteiger partial charge in [0.15, 0.2) is 17.1 Å². The molecule has 0 aromatic carbocycles. The molecule has 1 aliphatic rings. The zero-order valence-electron chi connectivity index (χ0n) is 10.5. The van der Waals surface area contributed by atoms with Gasteiger partial charge in [0.2, 0.25) is 0 Å². The lowest BCUT2D eigenvalue weighted by Gasteiger charge is -2.24. The minimum absolute atomic E-state index is 0.0326. The molecule has 0 atom stereocenters. The van der Waals surface area contributed by atoms with Gasteiger partial charge in [0.05, 0.1) is 5.52 Å². The first-order valence-electron chi connectivity index (χ1n) is 5.82. The lowest BCUT2D eigenvalue weighted by Crippen LogP contribution is -2.37. The molecule has 9 nitrogen and oxygen atoms in total. The van der Waals surface area contributed by atoms with Gasteiger partial charge in [-0.3, -0.25) is 14.4 Å². The van der Waals surface area contributed by atoms with Crippen LogP contribution in [0.15, 0.2) is 4.79 Å². The topological polar surface area (TPSA) is 134 Å². The molecule has 9 heteroatoms.